The first-order chi connectivity index (χ1) is 6.92. The van der Waals surface area contributed by atoms with Crippen LogP contribution in [-0.2, 0) is 4.43 Å². The van der Waals surface area contributed by atoms with Gasteiger partial charge in [-0.15, -0.1) is 0 Å². The molecule has 1 heterocycles. The van der Waals surface area contributed by atoms with Gasteiger partial charge in [-0.05, 0) is 29.5 Å². The third-order valence-electron chi connectivity index (χ3n) is 2.66. The highest BCUT2D eigenvalue weighted by molar-refractivity contribution is 6.27. The minimum Gasteiger partial charge on any atom is -0.417 e. The molecule has 0 N–H and O–H groups in total. The van der Waals surface area contributed by atoms with Crippen LogP contribution >= 0.6 is 0 Å². The highest BCUT2D eigenvalue weighted by Gasteiger charge is 2.18. The predicted octanol–water partition coefficient (Wildman–Crippen LogP) is 2.87. The van der Waals surface area contributed by atoms with Gasteiger partial charge in [0.15, 0.2) is 0 Å². The molecule has 0 spiro atoms. The fourth-order valence-corrected chi connectivity index (χ4v) is 2.87. The molecule has 0 amide bonds. The summed E-state index contributed by atoms with van der Waals surface area (Å²) in [4.78, 5) is 0. The van der Waals surface area contributed by atoms with Crippen molar-refractivity contribution < 1.29 is 4.43 Å². The molecule has 14 heavy (non-hydrogen) atoms. The van der Waals surface area contributed by atoms with E-state index < -0.39 is 0 Å². The summed E-state index contributed by atoms with van der Waals surface area (Å²) in [7, 11) is 0.671. The van der Waals surface area contributed by atoms with Gasteiger partial charge < -0.3 is 4.43 Å². The van der Waals surface area contributed by atoms with Crippen molar-refractivity contribution in [2.45, 2.75) is 18.4 Å². The molecular weight excluding hydrogens is 188 g/mol. The van der Waals surface area contributed by atoms with Crippen molar-refractivity contribution in [2.75, 3.05) is 6.61 Å². The van der Waals surface area contributed by atoms with E-state index in [2.05, 4.69) is 30.8 Å². The quantitative estimate of drug-likeness (QED) is 0.670. The summed E-state index contributed by atoms with van der Waals surface area (Å²) >= 11 is 0. The molecule has 0 aliphatic carbocycles. The Morgan fingerprint density at radius 2 is 2.29 bits per heavy atom. The topological polar surface area (TPSA) is 9.23 Å². The molecule has 2 radical (unpaired) electrons. The van der Waals surface area contributed by atoms with Crippen molar-refractivity contribution in [1.29, 1.82) is 0 Å². The van der Waals surface area contributed by atoms with Gasteiger partial charge in [0.05, 0.1) is 0 Å². The lowest BCUT2D eigenvalue weighted by Crippen LogP contribution is -2.16. The van der Waals surface area contributed by atoms with Crippen molar-refractivity contribution in [3.8, 4) is 0 Å². The smallest absolute Gasteiger partial charge is 0.230 e. The van der Waals surface area contributed by atoms with Crippen LogP contribution in [0.25, 0.3) is 6.08 Å². The van der Waals surface area contributed by atoms with Crippen LogP contribution in [-0.4, -0.2) is 16.4 Å². The monoisotopic (exact) mass is 202 g/mol. The Kier molecular flexibility index (Phi) is 3.17. The van der Waals surface area contributed by atoms with Crippen molar-refractivity contribution in [2.24, 2.45) is 0 Å². The van der Waals surface area contributed by atoms with E-state index in [4.69, 9.17) is 4.43 Å². The van der Waals surface area contributed by atoms with Crippen LogP contribution in [0.5, 0.6) is 0 Å². The lowest BCUT2D eigenvalue weighted by atomic mass is 9.93. The fraction of sp³-hybridized carbons (Fsp3) is 0.333. The molecule has 2 rings (SSSR count). The number of hydrogen-bond donors (Lipinski definition) is 0. The lowest BCUT2D eigenvalue weighted by Gasteiger charge is -2.23. The maximum Gasteiger partial charge on any atom is 0.230 e. The van der Waals surface area contributed by atoms with E-state index >= 15 is 0 Å². The minimum absolute atomic E-state index is 0.671. The normalized spacial score (nSPS) is 21.9. The van der Waals surface area contributed by atoms with Crippen LogP contribution in [0.15, 0.2) is 30.8 Å². The average Bonchev–Trinajstić information content (AvgIpc) is 2.30. The summed E-state index contributed by atoms with van der Waals surface area (Å²) in [5, 5.41) is 0. The standard InChI is InChI=1S/C12H14OSi/c1-2-10-5-3-4-6-12(10)11-7-8-13-14-9-11/h2-6,11H,1,7-9H2. The van der Waals surface area contributed by atoms with Crippen LogP contribution in [0, 0.1) is 0 Å². The zero-order valence-corrected chi connectivity index (χ0v) is 9.20. The zero-order chi connectivity index (χ0) is 9.80. The molecule has 1 unspecified atom stereocenters. The Morgan fingerprint density at radius 3 is 3.00 bits per heavy atom. The Labute approximate surface area is 87.7 Å². The molecule has 0 aromatic heterocycles. The molecule has 2 heteroatoms. The molecule has 0 saturated carbocycles. The minimum atomic E-state index is 0.671. The van der Waals surface area contributed by atoms with Crippen molar-refractivity contribution >= 4 is 15.8 Å². The fourth-order valence-electron chi connectivity index (χ4n) is 1.87. The molecule has 1 nitrogen and oxygen atoms in total. The zero-order valence-electron chi connectivity index (χ0n) is 8.20. The van der Waals surface area contributed by atoms with E-state index in [0.29, 0.717) is 15.7 Å². The van der Waals surface area contributed by atoms with Gasteiger partial charge in [0.2, 0.25) is 9.76 Å². The first kappa shape index (κ1) is 9.68. The summed E-state index contributed by atoms with van der Waals surface area (Å²) in [5.74, 6) is 0.677. The van der Waals surface area contributed by atoms with E-state index in [1.807, 2.05) is 6.08 Å². The van der Waals surface area contributed by atoms with Gasteiger partial charge in [0, 0.05) is 6.61 Å². The molecule has 1 aliphatic heterocycles. The summed E-state index contributed by atoms with van der Waals surface area (Å²) in [6, 6.07) is 9.71. The lowest BCUT2D eigenvalue weighted by molar-refractivity contribution is 0.289. The SMILES string of the molecule is C=Cc1ccccc1C1CCO[Si]C1. The average molecular weight is 202 g/mol. The highest BCUT2D eigenvalue weighted by Crippen LogP contribution is 2.29. The van der Waals surface area contributed by atoms with Crippen LogP contribution in [0.4, 0.5) is 0 Å². The van der Waals surface area contributed by atoms with Crippen LogP contribution in [0.1, 0.15) is 23.5 Å². The Balaban J connectivity index is 2.24. The Bertz CT molecular complexity index is 316. The van der Waals surface area contributed by atoms with Crippen molar-refractivity contribution in [3.63, 3.8) is 0 Å². The molecule has 1 aromatic rings. The first-order valence-corrected chi connectivity index (χ1v) is 6.09. The van der Waals surface area contributed by atoms with Crippen LogP contribution in [0.2, 0.25) is 6.04 Å². The predicted molar refractivity (Wildman–Crippen MR) is 60.4 cm³/mol. The third kappa shape index (κ3) is 1.96. The largest absolute Gasteiger partial charge is 0.417 e. The second kappa shape index (κ2) is 4.58. The highest BCUT2D eigenvalue weighted by atomic mass is 28.2. The van der Waals surface area contributed by atoms with Gasteiger partial charge in [-0.1, -0.05) is 36.9 Å². The molecule has 1 aliphatic rings. The summed E-state index contributed by atoms with van der Waals surface area (Å²) in [6.45, 7) is 4.77. The summed E-state index contributed by atoms with van der Waals surface area (Å²) < 4.78 is 5.40. The summed E-state index contributed by atoms with van der Waals surface area (Å²) in [6.07, 6.45) is 3.10. The number of hydrogen-bond acceptors (Lipinski definition) is 1. The molecule has 1 atom stereocenters. The van der Waals surface area contributed by atoms with Gasteiger partial charge in [0.25, 0.3) is 0 Å². The molecule has 1 aromatic carbocycles. The van der Waals surface area contributed by atoms with Gasteiger partial charge in [-0.25, -0.2) is 0 Å². The molecule has 72 valence electrons. The maximum atomic E-state index is 5.40. The van der Waals surface area contributed by atoms with E-state index in [9.17, 15) is 0 Å². The first-order valence-electron chi connectivity index (χ1n) is 4.98. The van der Waals surface area contributed by atoms with E-state index in [-0.39, 0.29) is 0 Å². The summed E-state index contributed by atoms with van der Waals surface area (Å²) in [5.41, 5.74) is 2.72. The third-order valence-corrected chi connectivity index (χ3v) is 3.72. The Morgan fingerprint density at radius 1 is 1.43 bits per heavy atom. The Hall–Kier alpha value is -0.863. The molecular formula is C12H14OSi. The molecule has 1 saturated heterocycles. The van der Waals surface area contributed by atoms with Gasteiger partial charge in [0.1, 0.15) is 0 Å². The molecule has 1 fully saturated rings. The number of benzene rings is 1. The molecule has 0 bridgehead atoms. The van der Waals surface area contributed by atoms with Crippen LogP contribution < -0.4 is 0 Å². The maximum absolute atomic E-state index is 5.40. The van der Waals surface area contributed by atoms with Gasteiger partial charge >= 0.3 is 0 Å². The second-order valence-corrected chi connectivity index (χ2v) is 4.50. The van der Waals surface area contributed by atoms with Gasteiger partial charge in [-0.2, -0.15) is 0 Å². The van der Waals surface area contributed by atoms with E-state index in [0.717, 1.165) is 13.0 Å². The van der Waals surface area contributed by atoms with Gasteiger partial charge in [-0.3, -0.25) is 0 Å². The van der Waals surface area contributed by atoms with Crippen molar-refractivity contribution in [1.82, 2.24) is 0 Å². The van der Waals surface area contributed by atoms with E-state index in [1.54, 1.807) is 0 Å². The van der Waals surface area contributed by atoms with E-state index in [1.165, 1.54) is 17.2 Å². The second-order valence-electron chi connectivity index (χ2n) is 3.52. The number of rotatable bonds is 2. The van der Waals surface area contributed by atoms with Crippen LogP contribution in [0.3, 0.4) is 0 Å². The van der Waals surface area contributed by atoms with Crippen molar-refractivity contribution in [3.05, 3.63) is 42.0 Å².